The number of hydrogen-bond acceptors (Lipinski definition) is 3. The molecule has 0 amide bonds. The van der Waals surface area contributed by atoms with Crippen LogP contribution in [0.4, 0.5) is 0 Å². The third-order valence-corrected chi connectivity index (χ3v) is 4.35. The van der Waals surface area contributed by atoms with Crippen LogP contribution in [0.15, 0.2) is 35.4 Å². The van der Waals surface area contributed by atoms with E-state index in [0.29, 0.717) is 17.1 Å². The molecule has 2 rings (SSSR count). The lowest BCUT2D eigenvalue weighted by Crippen LogP contribution is -2.08. The van der Waals surface area contributed by atoms with Gasteiger partial charge >= 0.3 is 0 Å². The van der Waals surface area contributed by atoms with Gasteiger partial charge in [0.25, 0.3) is 9.05 Å². The minimum absolute atomic E-state index is 0.00839. The molecule has 0 unspecified atom stereocenters. The second-order valence-electron chi connectivity index (χ2n) is 4.01. The maximum Gasteiger partial charge on any atom is 0.278 e. The molecule has 102 valence electrons. The Morgan fingerprint density at radius 2 is 2.00 bits per heavy atom. The smallest absolute Gasteiger partial charge is 0.248 e. The average Bonchev–Trinajstić information content (AvgIpc) is 2.75. The Kier molecular flexibility index (Phi) is 4.18. The number of benzene rings is 1. The molecule has 4 nitrogen and oxygen atoms in total. The molecule has 0 bridgehead atoms. The van der Waals surface area contributed by atoms with Crippen molar-refractivity contribution >= 4 is 31.3 Å². The number of aryl methyl sites for hydroxylation is 1. The Morgan fingerprint density at radius 3 is 2.58 bits per heavy atom. The van der Waals surface area contributed by atoms with Crippen LogP contribution < -0.4 is 0 Å². The summed E-state index contributed by atoms with van der Waals surface area (Å²) in [5.41, 5.74) is 1.46. The number of rotatable bonds is 4. The SMILES string of the molecule is CCc1cc(S(=O)(=O)Cl)n(Cc2ccccc2Cl)n1. The van der Waals surface area contributed by atoms with Gasteiger partial charge in [0.15, 0.2) is 5.03 Å². The van der Waals surface area contributed by atoms with Gasteiger partial charge < -0.3 is 0 Å². The number of hydrogen-bond donors (Lipinski definition) is 0. The molecular formula is C12H12Cl2N2O2S. The van der Waals surface area contributed by atoms with Gasteiger partial charge in [-0.1, -0.05) is 36.7 Å². The summed E-state index contributed by atoms with van der Waals surface area (Å²) in [5.74, 6) is 0. The lowest BCUT2D eigenvalue weighted by molar-refractivity contribution is 0.572. The Morgan fingerprint density at radius 1 is 1.32 bits per heavy atom. The summed E-state index contributed by atoms with van der Waals surface area (Å²) in [6.07, 6.45) is 0.634. The van der Waals surface area contributed by atoms with Crippen molar-refractivity contribution in [2.24, 2.45) is 0 Å². The summed E-state index contributed by atoms with van der Waals surface area (Å²) >= 11 is 6.06. The van der Waals surface area contributed by atoms with Crippen LogP contribution in [0, 0.1) is 0 Å². The largest absolute Gasteiger partial charge is 0.278 e. The highest BCUT2D eigenvalue weighted by atomic mass is 35.7. The van der Waals surface area contributed by atoms with E-state index >= 15 is 0 Å². The molecule has 0 saturated heterocycles. The molecule has 19 heavy (non-hydrogen) atoms. The van der Waals surface area contributed by atoms with Crippen molar-refractivity contribution in [3.8, 4) is 0 Å². The molecule has 1 aromatic carbocycles. The lowest BCUT2D eigenvalue weighted by atomic mass is 10.2. The lowest BCUT2D eigenvalue weighted by Gasteiger charge is -2.06. The first-order valence-corrected chi connectivity index (χ1v) is 8.35. The van der Waals surface area contributed by atoms with Gasteiger partial charge in [-0.15, -0.1) is 0 Å². The van der Waals surface area contributed by atoms with Crippen LogP contribution >= 0.6 is 22.3 Å². The number of halogens is 2. The molecule has 0 saturated carbocycles. The number of nitrogens with zero attached hydrogens (tertiary/aromatic N) is 2. The first kappa shape index (κ1) is 14.4. The maximum absolute atomic E-state index is 11.5. The highest BCUT2D eigenvalue weighted by Gasteiger charge is 2.19. The molecule has 0 aliphatic carbocycles. The predicted octanol–water partition coefficient (Wildman–Crippen LogP) is 3.07. The first-order chi connectivity index (χ1) is 8.91. The maximum atomic E-state index is 11.5. The summed E-state index contributed by atoms with van der Waals surface area (Å²) in [7, 11) is 1.59. The summed E-state index contributed by atoms with van der Waals surface area (Å²) in [5, 5.41) is 4.78. The van der Waals surface area contributed by atoms with Gasteiger partial charge in [-0.3, -0.25) is 0 Å². The van der Waals surface area contributed by atoms with Crippen LogP contribution in [0.2, 0.25) is 5.02 Å². The Hall–Kier alpha value is -1.04. The number of aromatic nitrogens is 2. The van der Waals surface area contributed by atoms with E-state index in [2.05, 4.69) is 5.10 Å². The van der Waals surface area contributed by atoms with Gasteiger partial charge in [-0.2, -0.15) is 5.10 Å². The van der Waals surface area contributed by atoms with Gasteiger partial charge in [0.2, 0.25) is 0 Å². The predicted molar refractivity (Wildman–Crippen MR) is 75.2 cm³/mol. The molecule has 0 aliphatic heterocycles. The van der Waals surface area contributed by atoms with E-state index in [0.717, 1.165) is 5.56 Å². The average molecular weight is 319 g/mol. The van der Waals surface area contributed by atoms with Crippen LogP contribution in [-0.2, 0) is 22.0 Å². The van der Waals surface area contributed by atoms with E-state index in [1.165, 1.54) is 10.7 Å². The van der Waals surface area contributed by atoms with Crippen LogP contribution in [0.3, 0.4) is 0 Å². The molecule has 0 fully saturated rings. The highest BCUT2D eigenvalue weighted by Crippen LogP contribution is 2.21. The molecule has 7 heteroatoms. The van der Waals surface area contributed by atoms with E-state index < -0.39 is 9.05 Å². The third kappa shape index (κ3) is 3.29. The molecule has 0 spiro atoms. The monoisotopic (exact) mass is 318 g/mol. The van der Waals surface area contributed by atoms with Crippen molar-refractivity contribution in [1.29, 1.82) is 0 Å². The van der Waals surface area contributed by atoms with Gasteiger partial charge in [-0.05, 0) is 24.1 Å². The third-order valence-electron chi connectivity index (χ3n) is 2.68. The van der Waals surface area contributed by atoms with Crippen molar-refractivity contribution in [2.75, 3.05) is 0 Å². The Bertz CT molecular complexity index is 696. The minimum atomic E-state index is -3.83. The molecule has 0 radical (unpaired) electrons. The van der Waals surface area contributed by atoms with Crippen molar-refractivity contribution in [3.05, 3.63) is 46.6 Å². The van der Waals surface area contributed by atoms with Gasteiger partial charge in [0, 0.05) is 15.7 Å². The minimum Gasteiger partial charge on any atom is -0.248 e. The normalized spacial score (nSPS) is 11.7. The van der Waals surface area contributed by atoms with Crippen molar-refractivity contribution < 1.29 is 8.42 Å². The van der Waals surface area contributed by atoms with Gasteiger partial charge in [0.1, 0.15) is 0 Å². The van der Waals surface area contributed by atoms with Crippen LogP contribution in [0.5, 0.6) is 0 Å². The fraction of sp³-hybridized carbons (Fsp3) is 0.250. The molecule has 0 aliphatic rings. The van der Waals surface area contributed by atoms with Crippen LogP contribution in [-0.4, -0.2) is 18.2 Å². The van der Waals surface area contributed by atoms with E-state index in [1.807, 2.05) is 25.1 Å². The molecule has 0 N–H and O–H groups in total. The summed E-state index contributed by atoms with van der Waals surface area (Å²) < 4.78 is 24.4. The van der Waals surface area contributed by atoms with E-state index in [9.17, 15) is 8.42 Å². The fourth-order valence-electron chi connectivity index (χ4n) is 1.72. The van der Waals surface area contributed by atoms with Crippen LogP contribution in [0.1, 0.15) is 18.2 Å². The summed E-state index contributed by atoms with van der Waals surface area (Å²) in [6.45, 7) is 2.16. The van der Waals surface area contributed by atoms with E-state index in [4.69, 9.17) is 22.3 Å². The molecular weight excluding hydrogens is 307 g/mol. The van der Waals surface area contributed by atoms with E-state index in [1.54, 1.807) is 6.07 Å². The fourth-order valence-corrected chi connectivity index (χ4v) is 2.92. The van der Waals surface area contributed by atoms with Gasteiger partial charge in [-0.25, -0.2) is 13.1 Å². The Balaban J connectivity index is 2.45. The quantitative estimate of drug-likeness (QED) is 0.814. The van der Waals surface area contributed by atoms with Crippen LogP contribution in [0.25, 0.3) is 0 Å². The van der Waals surface area contributed by atoms with Crippen molar-refractivity contribution in [3.63, 3.8) is 0 Å². The summed E-state index contributed by atoms with van der Waals surface area (Å²) in [4.78, 5) is 0. The van der Waals surface area contributed by atoms with Crippen molar-refractivity contribution in [1.82, 2.24) is 9.78 Å². The molecule has 1 heterocycles. The zero-order valence-electron chi connectivity index (χ0n) is 10.2. The highest BCUT2D eigenvalue weighted by molar-refractivity contribution is 8.13. The molecule has 0 atom stereocenters. The second-order valence-corrected chi connectivity index (χ2v) is 6.93. The zero-order valence-corrected chi connectivity index (χ0v) is 12.5. The Labute approximate surface area is 121 Å². The molecule has 1 aromatic heterocycles. The molecule has 2 aromatic rings. The first-order valence-electron chi connectivity index (χ1n) is 5.66. The summed E-state index contributed by atoms with van der Waals surface area (Å²) in [6, 6.07) is 8.70. The van der Waals surface area contributed by atoms with E-state index in [-0.39, 0.29) is 11.6 Å². The topological polar surface area (TPSA) is 52.0 Å². The second kappa shape index (κ2) is 5.53. The van der Waals surface area contributed by atoms with Crippen molar-refractivity contribution in [2.45, 2.75) is 24.9 Å². The van der Waals surface area contributed by atoms with Gasteiger partial charge in [0.05, 0.1) is 12.2 Å². The zero-order chi connectivity index (χ0) is 14.0. The standard InChI is InChI=1S/C12H12Cl2N2O2S/c1-2-10-7-12(19(14,17)18)16(15-10)8-9-5-3-4-6-11(9)13/h3-7H,2,8H2,1H3.